The highest BCUT2D eigenvalue weighted by Gasteiger charge is 2.29. The molecule has 1 N–H and O–H groups in total. The molecule has 6 heteroatoms. The van der Waals surface area contributed by atoms with Crippen LogP contribution >= 0.6 is 12.4 Å². The molecule has 1 aliphatic heterocycles. The Morgan fingerprint density at radius 3 is 2.60 bits per heavy atom. The van der Waals surface area contributed by atoms with Crippen molar-refractivity contribution < 1.29 is 9.32 Å². The van der Waals surface area contributed by atoms with E-state index in [1.807, 2.05) is 42.2 Å². The molecule has 1 amide bonds. The van der Waals surface area contributed by atoms with Gasteiger partial charge in [0.1, 0.15) is 17.0 Å². The summed E-state index contributed by atoms with van der Waals surface area (Å²) in [6.07, 6.45) is 2.09. The van der Waals surface area contributed by atoms with Crippen molar-refractivity contribution >= 4 is 18.3 Å². The van der Waals surface area contributed by atoms with Crippen LogP contribution in [0.25, 0.3) is 11.3 Å². The van der Waals surface area contributed by atoms with Crippen molar-refractivity contribution in [3.8, 4) is 11.3 Å². The number of aryl methyl sites for hydroxylation is 1. The number of halogens is 1. The molecule has 3 rings (SSSR count). The zero-order chi connectivity index (χ0) is 16.9. The molecular weight excluding hydrogens is 338 g/mol. The van der Waals surface area contributed by atoms with E-state index in [-0.39, 0.29) is 18.3 Å². The van der Waals surface area contributed by atoms with Crippen molar-refractivity contribution in [2.24, 2.45) is 5.92 Å². The van der Waals surface area contributed by atoms with Crippen LogP contribution in [0.2, 0.25) is 0 Å². The van der Waals surface area contributed by atoms with Crippen LogP contribution in [0.15, 0.2) is 34.9 Å². The number of hydrogen-bond acceptors (Lipinski definition) is 4. The average molecular weight is 364 g/mol. The van der Waals surface area contributed by atoms with Crippen molar-refractivity contribution in [2.45, 2.75) is 26.7 Å². The van der Waals surface area contributed by atoms with Crippen LogP contribution < -0.4 is 5.32 Å². The van der Waals surface area contributed by atoms with Gasteiger partial charge in [-0.2, -0.15) is 0 Å². The molecule has 0 saturated carbocycles. The van der Waals surface area contributed by atoms with E-state index >= 15 is 0 Å². The van der Waals surface area contributed by atoms with E-state index in [1.54, 1.807) is 0 Å². The molecule has 1 aromatic heterocycles. The van der Waals surface area contributed by atoms with E-state index in [0.717, 1.165) is 44.6 Å². The number of nitrogens with one attached hydrogen (secondary N) is 1. The maximum Gasteiger partial charge on any atom is 0.259 e. The molecule has 1 saturated heterocycles. The molecule has 25 heavy (non-hydrogen) atoms. The van der Waals surface area contributed by atoms with E-state index in [1.165, 1.54) is 0 Å². The summed E-state index contributed by atoms with van der Waals surface area (Å²) in [6, 6.07) is 9.75. The second-order valence-electron chi connectivity index (χ2n) is 6.37. The van der Waals surface area contributed by atoms with Gasteiger partial charge in [-0.25, -0.2) is 0 Å². The van der Waals surface area contributed by atoms with E-state index in [2.05, 4.69) is 17.4 Å². The lowest BCUT2D eigenvalue weighted by Crippen LogP contribution is -2.41. The van der Waals surface area contributed by atoms with Gasteiger partial charge >= 0.3 is 0 Å². The largest absolute Gasteiger partial charge is 0.360 e. The van der Waals surface area contributed by atoms with Gasteiger partial charge < -0.3 is 14.7 Å². The summed E-state index contributed by atoms with van der Waals surface area (Å²) in [5.41, 5.74) is 2.17. The maximum absolute atomic E-state index is 13.0. The number of aromatic nitrogens is 1. The molecule has 0 aliphatic carbocycles. The van der Waals surface area contributed by atoms with Crippen LogP contribution in [0, 0.1) is 12.8 Å². The van der Waals surface area contributed by atoms with Crippen LogP contribution in [0.1, 0.15) is 35.9 Å². The normalized spacial score (nSPS) is 15.0. The van der Waals surface area contributed by atoms with Gasteiger partial charge in [-0.05, 0) is 38.8 Å². The summed E-state index contributed by atoms with van der Waals surface area (Å²) < 4.78 is 5.33. The molecule has 0 radical (unpaired) electrons. The topological polar surface area (TPSA) is 58.4 Å². The molecule has 0 spiro atoms. The Balaban J connectivity index is 0.00000225. The molecule has 2 aromatic rings. The standard InChI is InChI=1S/C19H25N3O2.ClH/c1-3-20-13-15-9-11-22(12-10-15)19(23)17-14(2)24-21-18(17)16-7-5-4-6-8-16;/h4-8,15,20H,3,9-13H2,1-2H3;1H. The van der Waals surface area contributed by atoms with Gasteiger partial charge in [0.05, 0.1) is 0 Å². The van der Waals surface area contributed by atoms with Gasteiger partial charge in [-0.1, -0.05) is 42.4 Å². The lowest BCUT2D eigenvalue weighted by molar-refractivity contribution is 0.0689. The van der Waals surface area contributed by atoms with Crippen molar-refractivity contribution in [2.75, 3.05) is 26.2 Å². The molecule has 5 nitrogen and oxygen atoms in total. The molecule has 136 valence electrons. The number of carbonyl (C=O) groups is 1. The first-order valence-electron chi connectivity index (χ1n) is 8.72. The summed E-state index contributed by atoms with van der Waals surface area (Å²) in [4.78, 5) is 14.9. The summed E-state index contributed by atoms with van der Waals surface area (Å²) in [6.45, 7) is 7.57. The fraction of sp³-hybridized carbons (Fsp3) is 0.474. The van der Waals surface area contributed by atoms with Crippen molar-refractivity contribution in [1.82, 2.24) is 15.4 Å². The summed E-state index contributed by atoms with van der Waals surface area (Å²) in [5, 5.41) is 7.53. The van der Waals surface area contributed by atoms with Gasteiger partial charge in [-0.15, -0.1) is 12.4 Å². The van der Waals surface area contributed by atoms with Crippen molar-refractivity contribution in [1.29, 1.82) is 0 Å². The van der Waals surface area contributed by atoms with E-state index < -0.39 is 0 Å². The van der Waals surface area contributed by atoms with Crippen LogP contribution in [-0.2, 0) is 0 Å². The monoisotopic (exact) mass is 363 g/mol. The maximum atomic E-state index is 13.0. The van der Waals surface area contributed by atoms with Gasteiger partial charge in [0, 0.05) is 18.7 Å². The van der Waals surface area contributed by atoms with Gasteiger partial charge in [-0.3, -0.25) is 4.79 Å². The number of rotatable bonds is 5. The Bertz CT molecular complexity index is 679. The number of carbonyl (C=O) groups excluding carboxylic acids is 1. The minimum absolute atomic E-state index is 0. The first kappa shape index (κ1) is 19.5. The molecule has 1 fully saturated rings. The van der Waals surface area contributed by atoms with Gasteiger partial charge in [0.2, 0.25) is 0 Å². The fourth-order valence-electron chi connectivity index (χ4n) is 3.26. The molecule has 0 unspecified atom stereocenters. The highest BCUT2D eigenvalue weighted by Crippen LogP contribution is 2.28. The lowest BCUT2D eigenvalue weighted by atomic mass is 9.95. The second-order valence-corrected chi connectivity index (χ2v) is 6.37. The number of benzene rings is 1. The van der Waals surface area contributed by atoms with Crippen LogP contribution in [-0.4, -0.2) is 42.1 Å². The highest BCUT2D eigenvalue weighted by atomic mass is 35.5. The van der Waals surface area contributed by atoms with Crippen LogP contribution in [0.5, 0.6) is 0 Å². The first-order valence-corrected chi connectivity index (χ1v) is 8.72. The van der Waals surface area contributed by atoms with Crippen LogP contribution in [0.3, 0.4) is 0 Å². The van der Waals surface area contributed by atoms with Crippen molar-refractivity contribution in [3.63, 3.8) is 0 Å². The Morgan fingerprint density at radius 1 is 1.28 bits per heavy atom. The number of piperidine rings is 1. The molecular formula is C19H26ClN3O2. The second kappa shape index (κ2) is 9.02. The Labute approximate surface area is 155 Å². The number of amides is 1. The number of hydrogen-bond donors (Lipinski definition) is 1. The number of likely N-dealkylation sites (tertiary alicyclic amines) is 1. The molecule has 1 aromatic carbocycles. The fourth-order valence-corrected chi connectivity index (χ4v) is 3.26. The predicted octanol–water partition coefficient (Wildman–Crippen LogP) is 3.53. The highest BCUT2D eigenvalue weighted by molar-refractivity contribution is 6.00. The Kier molecular flexibility index (Phi) is 7.02. The summed E-state index contributed by atoms with van der Waals surface area (Å²) in [5.74, 6) is 1.29. The third-order valence-electron chi connectivity index (χ3n) is 4.71. The lowest BCUT2D eigenvalue weighted by Gasteiger charge is -2.32. The van der Waals surface area contributed by atoms with E-state index in [4.69, 9.17) is 4.52 Å². The average Bonchev–Trinajstić information content (AvgIpc) is 3.02. The van der Waals surface area contributed by atoms with E-state index in [0.29, 0.717) is 22.9 Å². The Hall–Kier alpha value is -1.85. The van der Waals surface area contributed by atoms with Crippen molar-refractivity contribution in [3.05, 3.63) is 41.7 Å². The predicted molar refractivity (Wildman–Crippen MR) is 101 cm³/mol. The Morgan fingerprint density at radius 2 is 1.96 bits per heavy atom. The third kappa shape index (κ3) is 4.41. The zero-order valence-corrected chi connectivity index (χ0v) is 15.6. The summed E-state index contributed by atoms with van der Waals surface area (Å²) in [7, 11) is 0. The third-order valence-corrected chi connectivity index (χ3v) is 4.71. The number of nitrogens with zero attached hydrogens (tertiary/aromatic N) is 2. The molecule has 1 aliphatic rings. The van der Waals surface area contributed by atoms with E-state index in [9.17, 15) is 4.79 Å². The molecule has 0 atom stereocenters. The minimum Gasteiger partial charge on any atom is -0.360 e. The molecule has 0 bridgehead atoms. The smallest absolute Gasteiger partial charge is 0.259 e. The SMILES string of the molecule is CCNCC1CCN(C(=O)c2c(-c3ccccc3)noc2C)CC1.Cl. The van der Waals surface area contributed by atoms with Gasteiger partial charge in [0.25, 0.3) is 5.91 Å². The quantitative estimate of drug-likeness (QED) is 0.882. The summed E-state index contributed by atoms with van der Waals surface area (Å²) >= 11 is 0. The molecule has 2 heterocycles. The minimum atomic E-state index is 0. The van der Waals surface area contributed by atoms with Crippen LogP contribution in [0.4, 0.5) is 0 Å². The first-order chi connectivity index (χ1) is 11.7. The zero-order valence-electron chi connectivity index (χ0n) is 14.8. The van der Waals surface area contributed by atoms with Gasteiger partial charge in [0.15, 0.2) is 0 Å².